The van der Waals surface area contributed by atoms with Gasteiger partial charge in [0.15, 0.2) is 0 Å². The molecule has 1 saturated heterocycles. The van der Waals surface area contributed by atoms with Crippen molar-refractivity contribution in [2.45, 2.75) is 71.7 Å². The van der Waals surface area contributed by atoms with Crippen LogP contribution in [0, 0.1) is 5.82 Å². The molecule has 1 fully saturated rings. The molecule has 3 aromatic rings. The minimum absolute atomic E-state index is 0.0858. The molecule has 5 heterocycles. The Balaban J connectivity index is 1.41. The molecular formula is C27H32FN7O5. The number of halogens is 1. The number of nitrogens with one attached hydrogen (secondary N) is 1. The van der Waals surface area contributed by atoms with Crippen molar-refractivity contribution in [3.63, 3.8) is 0 Å². The predicted octanol–water partition coefficient (Wildman–Crippen LogP) is 2.59. The third-order valence-corrected chi connectivity index (χ3v) is 7.03. The molecule has 5 rings (SSSR count). The average molecular weight is 554 g/mol. The van der Waals surface area contributed by atoms with Crippen molar-refractivity contribution in [2.75, 3.05) is 18.4 Å². The number of hydrogen-bond acceptors (Lipinski definition) is 7. The topological polar surface area (TPSA) is 131 Å². The first kappa shape index (κ1) is 27.3. The molecule has 0 radical (unpaired) electrons. The van der Waals surface area contributed by atoms with Crippen LogP contribution in [0.2, 0.25) is 0 Å². The van der Waals surface area contributed by atoms with E-state index in [2.05, 4.69) is 15.4 Å². The first-order valence-electron chi connectivity index (χ1n) is 13.3. The Morgan fingerprint density at radius 3 is 2.52 bits per heavy atom. The van der Waals surface area contributed by atoms with Crippen LogP contribution in [-0.4, -0.2) is 71.6 Å². The van der Waals surface area contributed by atoms with Gasteiger partial charge in [-0.25, -0.2) is 14.2 Å². The van der Waals surface area contributed by atoms with E-state index in [9.17, 15) is 23.6 Å². The zero-order valence-electron chi connectivity index (χ0n) is 22.9. The maximum absolute atomic E-state index is 13.8. The number of rotatable bonds is 5. The van der Waals surface area contributed by atoms with E-state index in [1.165, 1.54) is 21.2 Å². The van der Waals surface area contributed by atoms with Crippen molar-refractivity contribution in [2.24, 2.45) is 0 Å². The number of nitrogens with zero attached hydrogens (tertiary/aromatic N) is 6. The Morgan fingerprint density at radius 2 is 1.90 bits per heavy atom. The van der Waals surface area contributed by atoms with Gasteiger partial charge in [-0.15, -0.1) is 0 Å². The lowest BCUT2D eigenvalue weighted by Crippen LogP contribution is -2.48. The molecule has 3 aromatic heterocycles. The number of anilines is 1. The second-order valence-electron chi connectivity index (χ2n) is 11.0. The summed E-state index contributed by atoms with van der Waals surface area (Å²) < 4.78 is 21.5. The summed E-state index contributed by atoms with van der Waals surface area (Å²) in [5, 5.41) is 7.01. The zero-order chi connectivity index (χ0) is 28.8. The number of carbonyl (C=O) groups is 3. The minimum atomic E-state index is -0.604. The monoisotopic (exact) mass is 553 g/mol. The first-order chi connectivity index (χ1) is 18.9. The van der Waals surface area contributed by atoms with Crippen LogP contribution in [0.4, 0.5) is 15.0 Å². The Bertz CT molecular complexity index is 1530. The molecule has 0 bridgehead atoms. The van der Waals surface area contributed by atoms with E-state index in [1.807, 2.05) is 27.7 Å². The van der Waals surface area contributed by atoms with E-state index in [-0.39, 0.29) is 42.1 Å². The van der Waals surface area contributed by atoms with Gasteiger partial charge in [-0.2, -0.15) is 9.61 Å². The molecule has 1 N–H and O–H groups in total. The Morgan fingerprint density at radius 1 is 1.18 bits per heavy atom. The molecule has 0 spiro atoms. The van der Waals surface area contributed by atoms with Gasteiger partial charge in [-0.05, 0) is 52.2 Å². The fourth-order valence-electron chi connectivity index (χ4n) is 5.12. The number of piperidine rings is 1. The number of ether oxygens (including phenoxy) is 1. The Kier molecular flexibility index (Phi) is 7.06. The molecule has 0 saturated carbocycles. The van der Waals surface area contributed by atoms with E-state index in [4.69, 9.17) is 4.74 Å². The maximum atomic E-state index is 13.8. The first-order valence-corrected chi connectivity index (χ1v) is 13.3. The van der Waals surface area contributed by atoms with Crippen molar-refractivity contribution >= 4 is 29.4 Å². The third kappa shape index (κ3) is 5.27. The van der Waals surface area contributed by atoms with Crippen LogP contribution in [-0.2, 0) is 29.0 Å². The molecular weight excluding hydrogens is 521 g/mol. The molecule has 12 nitrogen and oxygen atoms in total. The van der Waals surface area contributed by atoms with Gasteiger partial charge in [0, 0.05) is 25.2 Å². The van der Waals surface area contributed by atoms with Gasteiger partial charge in [0.05, 0.1) is 24.0 Å². The fraction of sp³-hybridized carbons (Fsp3) is 0.481. The van der Waals surface area contributed by atoms with Crippen molar-refractivity contribution in [1.82, 2.24) is 29.0 Å². The van der Waals surface area contributed by atoms with E-state index in [1.54, 1.807) is 15.9 Å². The summed E-state index contributed by atoms with van der Waals surface area (Å²) in [6.07, 6.45) is 2.22. The summed E-state index contributed by atoms with van der Waals surface area (Å²) in [6.45, 7) is 7.96. The van der Waals surface area contributed by atoms with Gasteiger partial charge < -0.3 is 24.4 Å². The Labute approximate surface area is 229 Å². The largest absolute Gasteiger partial charge is 0.444 e. The fourth-order valence-corrected chi connectivity index (χ4v) is 5.12. The van der Waals surface area contributed by atoms with Crippen LogP contribution in [0.25, 0.3) is 5.65 Å². The van der Waals surface area contributed by atoms with Crippen LogP contribution < -0.4 is 10.9 Å². The number of likely N-dealkylation sites (tertiary alicyclic amines) is 1. The number of aryl methyl sites for hydroxylation is 1. The summed E-state index contributed by atoms with van der Waals surface area (Å²) in [4.78, 5) is 59.9. The Hall–Kier alpha value is -4.29. The van der Waals surface area contributed by atoms with E-state index in [0.717, 1.165) is 6.20 Å². The van der Waals surface area contributed by atoms with Gasteiger partial charge in [-0.3, -0.25) is 14.4 Å². The number of amides is 3. The average Bonchev–Trinajstić information content (AvgIpc) is 3.49. The molecule has 0 unspecified atom stereocenters. The molecule has 40 heavy (non-hydrogen) atoms. The number of carbonyl (C=O) groups excluding carboxylic acids is 3. The lowest BCUT2D eigenvalue weighted by atomic mass is 10.0. The van der Waals surface area contributed by atoms with E-state index >= 15 is 0 Å². The molecule has 0 atom stereocenters. The highest BCUT2D eigenvalue weighted by atomic mass is 19.1. The summed E-state index contributed by atoms with van der Waals surface area (Å²) in [5.74, 6) is -1.22. The second-order valence-corrected chi connectivity index (χ2v) is 11.0. The van der Waals surface area contributed by atoms with Crippen molar-refractivity contribution in [3.05, 3.63) is 57.5 Å². The normalized spacial score (nSPS) is 16.0. The second kappa shape index (κ2) is 10.4. The molecule has 2 aliphatic heterocycles. The number of pyridine rings is 1. The molecule has 212 valence electrons. The minimum Gasteiger partial charge on any atom is -0.444 e. The standard InChI is InChI=1S/C27H32FN7O5/c1-5-17-12-22-34(15-21(36)30-20-7-6-16(28)13-29-20)23-19(24(37)35(22)31-17)14-33(25(23)38)18-8-10-32(11-9-18)26(39)40-27(2,3)4/h6-7,12-13,18H,5,8-11,14-15H2,1-4H3,(H,29,30,36). The molecule has 0 aliphatic carbocycles. The lowest BCUT2D eigenvalue weighted by molar-refractivity contribution is -0.116. The summed E-state index contributed by atoms with van der Waals surface area (Å²) in [6, 6.07) is 4.02. The van der Waals surface area contributed by atoms with Gasteiger partial charge in [-0.1, -0.05) is 6.92 Å². The van der Waals surface area contributed by atoms with Crippen LogP contribution in [0.15, 0.2) is 29.2 Å². The lowest BCUT2D eigenvalue weighted by Gasteiger charge is -2.37. The molecule has 0 aromatic carbocycles. The molecule has 3 amide bonds. The quantitative estimate of drug-likeness (QED) is 0.514. The summed E-state index contributed by atoms with van der Waals surface area (Å²) >= 11 is 0. The highest BCUT2D eigenvalue weighted by molar-refractivity contribution is 5.98. The number of fused-ring (bicyclic) bond motifs is 2. The van der Waals surface area contributed by atoms with E-state index < -0.39 is 29.0 Å². The van der Waals surface area contributed by atoms with Gasteiger partial charge in [0.2, 0.25) is 5.91 Å². The predicted molar refractivity (Wildman–Crippen MR) is 142 cm³/mol. The van der Waals surface area contributed by atoms with Crippen molar-refractivity contribution in [3.8, 4) is 0 Å². The molecule has 13 heteroatoms. The summed E-state index contributed by atoms with van der Waals surface area (Å²) in [5.41, 5.74) is 0.394. The van der Waals surface area contributed by atoms with E-state index in [0.29, 0.717) is 43.7 Å². The van der Waals surface area contributed by atoms with Crippen molar-refractivity contribution < 1.29 is 23.5 Å². The molecule has 2 aliphatic rings. The maximum Gasteiger partial charge on any atom is 0.410 e. The van der Waals surface area contributed by atoms with Crippen molar-refractivity contribution in [1.29, 1.82) is 0 Å². The van der Waals surface area contributed by atoms with Crippen LogP contribution in [0.1, 0.15) is 62.3 Å². The van der Waals surface area contributed by atoms with Crippen LogP contribution in [0.3, 0.4) is 0 Å². The number of hydrogen-bond donors (Lipinski definition) is 1. The SMILES string of the molecule is CCc1cc2n(CC(=O)Nc3ccc(F)cn3)c3c(c(=O)n2n1)CN(C1CCN(C(=O)OC(C)(C)C)CC1)C3=O. The third-order valence-electron chi connectivity index (χ3n) is 7.03. The zero-order valence-corrected chi connectivity index (χ0v) is 22.9. The smallest absolute Gasteiger partial charge is 0.410 e. The highest BCUT2D eigenvalue weighted by Gasteiger charge is 2.40. The van der Waals surface area contributed by atoms with Crippen LogP contribution >= 0.6 is 0 Å². The van der Waals surface area contributed by atoms with Gasteiger partial charge in [0.25, 0.3) is 11.5 Å². The van der Waals surface area contributed by atoms with Gasteiger partial charge >= 0.3 is 6.09 Å². The van der Waals surface area contributed by atoms with Gasteiger partial charge in [0.1, 0.15) is 35.1 Å². The highest BCUT2D eigenvalue weighted by Crippen LogP contribution is 2.29. The van der Waals surface area contributed by atoms with Crippen LogP contribution in [0.5, 0.6) is 0 Å². The summed E-state index contributed by atoms with van der Waals surface area (Å²) in [7, 11) is 0. The number of aromatic nitrogens is 4.